The number of likely N-dealkylation sites (tertiary alicyclic amines) is 1. The first-order valence-corrected chi connectivity index (χ1v) is 12.0. The van der Waals surface area contributed by atoms with Crippen LogP contribution in [0.15, 0.2) is 52.3 Å². The molecule has 0 amide bonds. The summed E-state index contributed by atoms with van der Waals surface area (Å²) in [6.07, 6.45) is 4.78. The molecule has 9 heteroatoms. The first-order chi connectivity index (χ1) is 17.1. The number of H-pyrrole nitrogens is 1. The van der Waals surface area contributed by atoms with Gasteiger partial charge in [0.05, 0.1) is 30.1 Å². The monoisotopic (exact) mass is 473 g/mol. The maximum atomic E-state index is 13.0. The highest BCUT2D eigenvalue weighted by Gasteiger charge is 2.40. The average molecular weight is 474 g/mol. The number of nitrogens with zero attached hydrogens (tertiary/aromatic N) is 4. The summed E-state index contributed by atoms with van der Waals surface area (Å²) in [4.78, 5) is 39.6. The molecular formula is C26H27N5O4. The molecule has 9 nitrogen and oxygen atoms in total. The van der Waals surface area contributed by atoms with E-state index in [1.807, 2.05) is 18.2 Å². The van der Waals surface area contributed by atoms with Crippen molar-refractivity contribution < 1.29 is 9.47 Å². The fourth-order valence-corrected chi connectivity index (χ4v) is 5.59. The van der Waals surface area contributed by atoms with E-state index in [4.69, 9.17) is 9.47 Å². The number of fused-ring (bicyclic) bond motifs is 6. The van der Waals surface area contributed by atoms with Gasteiger partial charge in [0.25, 0.3) is 5.56 Å². The quantitative estimate of drug-likeness (QED) is 0.339. The summed E-state index contributed by atoms with van der Waals surface area (Å²) in [5.41, 5.74) is 2.10. The van der Waals surface area contributed by atoms with Gasteiger partial charge in [-0.1, -0.05) is 6.07 Å². The highest BCUT2D eigenvalue weighted by molar-refractivity contribution is 6.00. The number of unbranched alkanes of at least 4 members (excludes halogenated alkanes) is 1. The molecule has 180 valence electrons. The molecule has 0 saturated carbocycles. The maximum absolute atomic E-state index is 13.0. The Bertz CT molecular complexity index is 1510. The Morgan fingerprint density at radius 2 is 1.94 bits per heavy atom. The molecule has 2 aromatic heterocycles. The Morgan fingerprint density at radius 1 is 1.09 bits per heavy atom. The lowest BCUT2D eigenvalue weighted by Gasteiger charge is -2.29. The van der Waals surface area contributed by atoms with Crippen LogP contribution in [0.3, 0.4) is 0 Å². The second-order valence-corrected chi connectivity index (χ2v) is 9.32. The van der Waals surface area contributed by atoms with E-state index in [1.54, 1.807) is 31.6 Å². The largest absolute Gasteiger partial charge is 0.496 e. The number of hydrogen-bond acceptors (Lipinski definition) is 7. The average Bonchev–Trinajstić information content (AvgIpc) is 3.31. The van der Waals surface area contributed by atoms with Crippen LogP contribution in [0.25, 0.3) is 21.9 Å². The Labute approximate surface area is 201 Å². The van der Waals surface area contributed by atoms with Crippen LogP contribution in [0, 0.1) is 5.92 Å². The van der Waals surface area contributed by atoms with Gasteiger partial charge in [-0.2, -0.15) is 0 Å². The molecule has 6 rings (SSSR count). The second kappa shape index (κ2) is 8.81. The smallest absolute Gasteiger partial charge is 0.328 e. The van der Waals surface area contributed by atoms with E-state index in [1.165, 1.54) is 10.1 Å². The summed E-state index contributed by atoms with van der Waals surface area (Å²) in [5, 5.41) is 0.453. The van der Waals surface area contributed by atoms with Crippen molar-refractivity contribution in [3.8, 4) is 11.5 Å². The van der Waals surface area contributed by atoms with Gasteiger partial charge in [-0.25, -0.2) is 4.79 Å². The molecule has 0 bridgehead atoms. The molecule has 0 unspecified atom stereocenters. The van der Waals surface area contributed by atoms with Crippen molar-refractivity contribution >= 4 is 21.9 Å². The zero-order valence-corrected chi connectivity index (χ0v) is 19.6. The lowest BCUT2D eigenvalue weighted by molar-refractivity contribution is 0.209. The number of methoxy groups -OCH3 is 1. The number of rotatable bonds is 6. The van der Waals surface area contributed by atoms with Crippen molar-refractivity contribution in [3.05, 3.63) is 69.1 Å². The molecule has 2 aliphatic heterocycles. The number of ether oxygens (including phenoxy) is 2. The summed E-state index contributed by atoms with van der Waals surface area (Å²) in [7, 11) is 1.71. The normalized spacial score (nSPS) is 19.5. The molecule has 1 N–H and O–H groups in total. The van der Waals surface area contributed by atoms with Gasteiger partial charge in [-0.3, -0.25) is 19.3 Å². The van der Waals surface area contributed by atoms with Crippen LogP contribution in [0.4, 0.5) is 0 Å². The van der Waals surface area contributed by atoms with Gasteiger partial charge in [-0.05, 0) is 43.7 Å². The van der Waals surface area contributed by atoms with Crippen molar-refractivity contribution in [3.63, 3.8) is 0 Å². The van der Waals surface area contributed by atoms with E-state index < -0.39 is 5.69 Å². The van der Waals surface area contributed by atoms with Gasteiger partial charge in [-0.15, -0.1) is 0 Å². The van der Waals surface area contributed by atoms with Gasteiger partial charge in [0.2, 0.25) is 0 Å². The fraction of sp³-hybridized carbons (Fsp3) is 0.385. The molecule has 1 fully saturated rings. The SMILES string of the molecule is COc1cccc2c1[C@@H]1CN(CCCCn3c(=O)[nH]c4c(ccc5nccnc54)c3=O)C[C@H]1CO2. The molecular weight excluding hydrogens is 446 g/mol. The predicted molar refractivity (Wildman–Crippen MR) is 132 cm³/mol. The number of aromatic nitrogens is 4. The van der Waals surface area contributed by atoms with Gasteiger partial charge < -0.3 is 19.4 Å². The summed E-state index contributed by atoms with van der Waals surface area (Å²) < 4.78 is 12.9. The number of aromatic amines is 1. The minimum absolute atomic E-state index is 0.288. The van der Waals surface area contributed by atoms with Crippen LogP contribution in [-0.4, -0.2) is 57.8 Å². The van der Waals surface area contributed by atoms with Crippen LogP contribution in [-0.2, 0) is 6.54 Å². The summed E-state index contributed by atoms with van der Waals surface area (Å²) in [6.45, 7) is 3.96. The number of benzene rings is 2. The van der Waals surface area contributed by atoms with Crippen molar-refractivity contribution in [2.45, 2.75) is 25.3 Å². The molecule has 4 aromatic rings. The molecule has 35 heavy (non-hydrogen) atoms. The molecule has 2 atom stereocenters. The third-order valence-electron chi connectivity index (χ3n) is 7.29. The maximum Gasteiger partial charge on any atom is 0.328 e. The van der Waals surface area contributed by atoms with E-state index in [2.05, 4.69) is 19.9 Å². The Hall–Kier alpha value is -3.72. The highest BCUT2D eigenvalue weighted by atomic mass is 16.5. The van der Waals surface area contributed by atoms with Gasteiger partial charge in [0.1, 0.15) is 17.0 Å². The van der Waals surface area contributed by atoms with Crippen LogP contribution in [0.2, 0.25) is 0 Å². The minimum atomic E-state index is -0.409. The first kappa shape index (κ1) is 21.8. The number of hydrogen-bond donors (Lipinski definition) is 1. The minimum Gasteiger partial charge on any atom is -0.496 e. The van der Waals surface area contributed by atoms with Crippen LogP contribution in [0.5, 0.6) is 11.5 Å². The van der Waals surface area contributed by atoms with Gasteiger partial charge in [0.15, 0.2) is 0 Å². The summed E-state index contributed by atoms with van der Waals surface area (Å²) in [6, 6.07) is 9.46. The van der Waals surface area contributed by atoms with Crippen molar-refractivity contribution in [2.24, 2.45) is 5.92 Å². The zero-order valence-electron chi connectivity index (χ0n) is 19.6. The van der Waals surface area contributed by atoms with Gasteiger partial charge >= 0.3 is 5.69 Å². The Morgan fingerprint density at radius 3 is 2.83 bits per heavy atom. The predicted octanol–water partition coefficient (Wildman–Crippen LogP) is 2.53. The lowest BCUT2D eigenvalue weighted by atomic mass is 9.86. The lowest BCUT2D eigenvalue weighted by Crippen LogP contribution is -2.35. The second-order valence-electron chi connectivity index (χ2n) is 9.32. The topological polar surface area (TPSA) is 102 Å². The van der Waals surface area contributed by atoms with E-state index in [-0.39, 0.29) is 5.56 Å². The van der Waals surface area contributed by atoms with Crippen molar-refractivity contribution in [1.82, 2.24) is 24.4 Å². The molecule has 2 aliphatic rings. The molecule has 0 spiro atoms. The molecule has 1 saturated heterocycles. The van der Waals surface area contributed by atoms with Crippen LogP contribution < -0.4 is 20.7 Å². The third kappa shape index (κ3) is 3.76. The van der Waals surface area contributed by atoms with Gasteiger partial charge in [0, 0.05) is 49.4 Å². The Balaban J connectivity index is 1.13. The summed E-state index contributed by atoms with van der Waals surface area (Å²) >= 11 is 0. The third-order valence-corrected chi connectivity index (χ3v) is 7.29. The molecule has 2 aromatic carbocycles. The Kier molecular flexibility index (Phi) is 5.49. The standard InChI is InChI=1S/C26H27N5O4/c1-34-20-5-4-6-21-22(20)18-14-30(13-16(18)15-35-21)11-2-3-12-31-25(32)17-7-8-19-24(28-10-9-27-19)23(17)29-26(31)33/h4-10,16,18H,2-3,11-15H2,1H3,(H,29,33)/t16-,18+/m0/s1. The van der Waals surface area contributed by atoms with Crippen LogP contribution >= 0.6 is 0 Å². The highest BCUT2D eigenvalue weighted by Crippen LogP contribution is 2.46. The van der Waals surface area contributed by atoms with Crippen LogP contribution in [0.1, 0.15) is 24.3 Å². The van der Waals surface area contributed by atoms with E-state index >= 15 is 0 Å². The first-order valence-electron chi connectivity index (χ1n) is 12.0. The fourth-order valence-electron chi connectivity index (χ4n) is 5.59. The molecule has 0 radical (unpaired) electrons. The molecule has 0 aliphatic carbocycles. The van der Waals surface area contributed by atoms with E-state index in [0.717, 1.165) is 50.6 Å². The van der Waals surface area contributed by atoms with E-state index in [0.29, 0.717) is 40.3 Å². The summed E-state index contributed by atoms with van der Waals surface area (Å²) in [5.74, 6) is 2.68. The zero-order chi connectivity index (χ0) is 23.9. The van der Waals surface area contributed by atoms with Crippen molar-refractivity contribution in [1.29, 1.82) is 0 Å². The van der Waals surface area contributed by atoms with E-state index in [9.17, 15) is 9.59 Å². The number of nitrogens with one attached hydrogen (secondary N) is 1. The molecule has 4 heterocycles. The van der Waals surface area contributed by atoms with Crippen molar-refractivity contribution in [2.75, 3.05) is 33.4 Å².